The summed E-state index contributed by atoms with van der Waals surface area (Å²) in [5.74, 6) is 1.29. The van der Waals surface area contributed by atoms with E-state index in [1.54, 1.807) is 31.5 Å². The molecule has 1 atom stereocenters. The molecular formula is C26H37N5O3. The monoisotopic (exact) mass is 467 g/mol. The normalized spacial score (nSPS) is 18.4. The van der Waals surface area contributed by atoms with Crippen molar-refractivity contribution in [3.05, 3.63) is 46.6 Å². The molecule has 0 spiro atoms. The lowest BCUT2D eigenvalue weighted by Crippen LogP contribution is -2.30. The molecular weight excluding hydrogens is 430 g/mol. The summed E-state index contributed by atoms with van der Waals surface area (Å²) in [6.45, 7) is 3.73. The molecule has 0 aromatic carbocycles. The van der Waals surface area contributed by atoms with Crippen molar-refractivity contribution in [2.24, 2.45) is 5.92 Å². The van der Waals surface area contributed by atoms with Gasteiger partial charge < -0.3 is 30.6 Å². The maximum absolute atomic E-state index is 11.6. The highest BCUT2D eigenvalue weighted by Crippen LogP contribution is 2.29. The third-order valence-corrected chi connectivity index (χ3v) is 6.43. The van der Waals surface area contributed by atoms with E-state index in [0.717, 1.165) is 49.2 Å². The van der Waals surface area contributed by atoms with Gasteiger partial charge in [-0.1, -0.05) is 19.3 Å². The maximum atomic E-state index is 11.6. The number of carbonyl (C=O) groups is 1. The standard InChI is InChI=1S/C13H11N3O2.C7H15N.C6H11NO/c1-7-5-8-9(10-3-2-4-18-10)6-15-12(14)11(8)16-13(7)17;1-8-7-5-3-2-4-6-7;8-5-6-2-1-3-7-4-6/h2-6H,1H3,(H2,14,15)(H,16,17);7-8H,2-6H2,1H3;5-7H,1-4H2/t;;6-/m..0/s1. The number of nitrogens with two attached hydrogens (primary N) is 1. The number of aromatic nitrogens is 2. The molecule has 1 saturated heterocycles. The number of furan rings is 1. The van der Waals surface area contributed by atoms with Gasteiger partial charge in [0.1, 0.15) is 17.9 Å². The number of aldehydes is 1. The molecule has 8 heteroatoms. The zero-order valence-corrected chi connectivity index (χ0v) is 20.2. The second-order valence-electron chi connectivity index (χ2n) is 8.97. The number of aryl methyl sites for hydroxylation is 1. The Bertz CT molecular complexity index is 1080. The second kappa shape index (κ2) is 13.1. The van der Waals surface area contributed by atoms with Crippen LogP contribution in [0, 0.1) is 12.8 Å². The Hall–Kier alpha value is -2.97. The number of hydrogen-bond acceptors (Lipinski definition) is 7. The van der Waals surface area contributed by atoms with Crippen LogP contribution in [-0.4, -0.2) is 42.4 Å². The topological polar surface area (TPSA) is 126 Å². The minimum absolute atomic E-state index is 0.160. The van der Waals surface area contributed by atoms with Gasteiger partial charge in [-0.3, -0.25) is 4.79 Å². The molecule has 34 heavy (non-hydrogen) atoms. The van der Waals surface area contributed by atoms with Crippen molar-refractivity contribution in [2.45, 2.75) is 57.9 Å². The van der Waals surface area contributed by atoms with Crippen molar-refractivity contribution in [2.75, 3.05) is 25.9 Å². The van der Waals surface area contributed by atoms with Gasteiger partial charge in [-0.05, 0) is 64.4 Å². The average molecular weight is 468 g/mol. The number of anilines is 1. The summed E-state index contributed by atoms with van der Waals surface area (Å²) < 4.78 is 5.36. The lowest BCUT2D eigenvalue weighted by molar-refractivity contribution is -0.111. The average Bonchev–Trinajstić information content (AvgIpc) is 3.42. The predicted octanol–water partition coefficient (Wildman–Crippen LogP) is 3.80. The molecule has 4 heterocycles. The number of pyridine rings is 2. The number of aromatic amines is 1. The molecule has 5 rings (SSSR count). The van der Waals surface area contributed by atoms with E-state index in [4.69, 9.17) is 10.2 Å². The molecule has 1 saturated carbocycles. The molecule has 0 unspecified atom stereocenters. The highest BCUT2D eigenvalue weighted by molar-refractivity contribution is 5.97. The van der Waals surface area contributed by atoms with E-state index < -0.39 is 0 Å². The fourth-order valence-corrected chi connectivity index (χ4v) is 4.33. The fourth-order valence-electron chi connectivity index (χ4n) is 4.33. The SMILES string of the molecule is CNC1CCCCC1.Cc1cc2c(-c3ccco3)cnc(N)c2[nH]c1=O.O=C[C@H]1CCCNC1. The van der Waals surface area contributed by atoms with Crippen molar-refractivity contribution < 1.29 is 9.21 Å². The molecule has 0 bridgehead atoms. The first-order valence-electron chi connectivity index (χ1n) is 12.2. The van der Waals surface area contributed by atoms with Crippen LogP contribution in [0.15, 0.2) is 39.9 Å². The van der Waals surface area contributed by atoms with Gasteiger partial charge in [0, 0.05) is 41.2 Å². The molecule has 3 aromatic rings. The highest BCUT2D eigenvalue weighted by atomic mass is 16.3. The Balaban J connectivity index is 0.000000168. The Morgan fingerprint density at radius 1 is 1.21 bits per heavy atom. The zero-order valence-electron chi connectivity index (χ0n) is 20.2. The molecule has 3 aromatic heterocycles. The van der Waals surface area contributed by atoms with Crippen LogP contribution >= 0.6 is 0 Å². The van der Waals surface area contributed by atoms with Gasteiger partial charge in [0.05, 0.1) is 11.8 Å². The van der Waals surface area contributed by atoms with Gasteiger partial charge >= 0.3 is 0 Å². The van der Waals surface area contributed by atoms with E-state index in [1.807, 2.05) is 6.07 Å². The number of hydrogen-bond donors (Lipinski definition) is 4. The molecule has 2 aliphatic rings. The van der Waals surface area contributed by atoms with Crippen molar-refractivity contribution in [3.63, 3.8) is 0 Å². The number of nitrogen functional groups attached to an aromatic ring is 1. The third-order valence-electron chi connectivity index (χ3n) is 6.43. The Morgan fingerprint density at radius 3 is 2.56 bits per heavy atom. The number of carbonyl (C=O) groups excluding carboxylic acids is 1. The molecule has 184 valence electrons. The van der Waals surface area contributed by atoms with E-state index in [2.05, 4.69) is 27.6 Å². The van der Waals surface area contributed by atoms with Gasteiger partial charge in [-0.25, -0.2) is 4.98 Å². The van der Waals surface area contributed by atoms with Gasteiger partial charge in [-0.2, -0.15) is 0 Å². The second-order valence-corrected chi connectivity index (χ2v) is 8.97. The summed E-state index contributed by atoms with van der Waals surface area (Å²) in [6.07, 6.45) is 13.7. The van der Waals surface area contributed by atoms with Crippen molar-refractivity contribution in [1.29, 1.82) is 0 Å². The van der Waals surface area contributed by atoms with E-state index in [-0.39, 0.29) is 5.56 Å². The molecule has 5 N–H and O–H groups in total. The Kier molecular flexibility index (Phi) is 9.85. The van der Waals surface area contributed by atoms with E-state index in [1.165, 1.54) is 32.1 Å². The first-order valence-corrected chi connectivity index (χ1v) is 12.2. The number of rotatable bonds is 3. The summed E-state index contributed by atoms with van der Waals surface area (Å²) in [7, 11) is 2.07. The number of nitrogens with one attached hydrogen (secondary N) is 3. The number of nitrogens with zero attached hydrogens (tertiary/aromatic N) is 1. The first kappa shape index (κ1) is 25.6. The maximum Gasteiger partial charge on any atom is 0.251 e. The van der Waals surface area contributed by atoms with Crippen LogP contribution < -0.4 is 21.9 Å². The van der Waals surface area contributed by atoms with Gasteiger partial charge in [-0.15, -0.1) is 0 Å². The summed E-state index contributed by atoms with van der Waals surface area (Å²) >= 11 is 0. The Morgan fingerprint density at radius 2 is 2.00 bits per heavy atom. The number of fused-ring (bicyclic) bond motifs is 1. The van der Waals surface area contributed by atoms with E-state index in [0.29, 0.717) is 28.6 Å². The van der Waals surface area contributed by atoms with Crippen LogP contribution in [0.4, 0.5) is 5.82 Å². The van der Waals surface area contributed by atoms with E-state index >= 15 is 0 Å². The molecule has 2 fully saturated rings. The minimum Gasteiger partial charge on any atom is -0.464 e. The van der Waals surface area contributed by atoms with Crippen molar-refractivity contribution in [1.82, 2.24) is 20.6 Å². The van der Waals surface area contributed by atoms with Gasteiger partial charge in [0.2, 0.25) is 0 Å². The zero-order chi connectivity index (χ0) is 24.3. The lowest BCUT2D eigenvalue weighted by Gasteiger charge is -2.20. The van der Waals surface area contributed by atoms with Crippen LogP contribution in [-0.2, 0) is 4.79 Å². The quantitative estimate of drug-likeness (QED) is 0.432. The third kappa shape index (κ3) is 7.01. The van der Waals surface area contributed by atoms with Crippen LogP contribution in [0.1, 0.15) is 50.5 Å². The Labute approximate surface area is 200 Å². The fraction of sp³-hybridized carbons (Fsp3) is 0.500. The molecule has 1 aliphatic heterocycles. The minimum atomic E-state index is -0.160. The van der Waals surface area contributed by atoms with Crippen LogP contribution in [0.2, 0.25) is 0 Å². The van der Waals surface area contributed by atoms with Gasteiger partial charge in [0.25, 0.3) is 5.56 Å². The summed E-state index contributed by atoms with van der Waals surface area (Å²) in [5, 5.41) is 7.29. The number of piperidine rings is 1. The lowest BCUT2D eigenvalue weighted by atomic mass is 9.96. The van der Waals surface area contributed by atoms with Crippen LogP contribution in [0.25, 0.3) is 22.2 Å². The molecule has 0 radical (unpaired) electrons. The molecule has 1 aliphatic carbocycles. The summed E-state index contributed by atoms with van der Waals surface area (Å²) in [4.78, 5) is 28.6. The summed E-state index contributed by atoms with van der Waals surface area (Å²) in [6, 6.07) is 6.27. The summed E-state index contributed by atoms with van der Waals surface area (Å²) in [5.41, 5.74) is 7.60. The van der Waals surface area contributed by atoms with E-state index in [9.17, 15) is 9.59 Å². The highest BCUT2D eigenvalue weighted by Gasteiger charge is 2.12. The van der Waals surface area contributed by atoms with Crippen molar-refractivity contribution in [3.8, 4) is 11.3 Å². The molecule has 8 nitrogen and oxygen atoms in total. The van der Waals surface area contributed by atoms with Crippen LogP contribution in [0.3, 0.4) is 0 Å². The predicted molar refractivity (Wildman–Crippen MR) is 137 cm³/mol. The largest absolute Gasteiger partial charge is 0.464 e. The smallest absolute Gasteiger partial charge is 0.251 e. The molecule has 0 amide bonds. The number of H-pyrrole nitrogens is 1. The van der Waals surface area contributed by atoms with Gasteiger partial charge in [0.15, 0.2) is 0 Å². The first-order chi connectivity index (χ1) is 16.5. The van der Waals surface area contributed by atoms with Crippen molar-refractivity contribution >= 4 is 23.0 Å². The van der Waals surface area contributed by atoms with Crippen LogP contribution in [0.5, 0.6) is 0 Å².